The molecule has 1 aromatic rings. The molecule has 1 N–H and O–H groups in total. The number of benzene rings is 1. The SMILES string of the molecule is CCNC(=O)CN(Cc1ccccc1)S(C)(=O)=O. The minimum Gasteiger partial charge on any atom is -0.355 e. The highest BCUT2D eigenvalue weighted by atomic mass is 32.2. The van der Waals surface area contributed by atoms with Gasteiger partial charge in [-0.05, 0) is 12.5 Å². The third-order valence-corrected chi connectivity index (χ3v) is 3.56. The quantitative estimate of drug-likeness (QED) is 0.822. The molecule has 100 valence electrons. The van der Waals surface area contributed by atoms with E-state index in [1.807, 2.05) is 30.3 Å². The van der Waals surface area contributed by atoms with Crippen LogP contribution in [0.25, 0.3) is 0 Å². The van der Waals surface area contributed by atoms with E-state index in [9.17, 15) is 13.2 Å². The number of carbonyl (C=O) groups excluding carboxylic acids is 1. The molecule has 0 atom stereocenters. The predicted octanol–water partition coefficient (Wildman–Crippen LogP) is 0.584. The van der Waals surface area contributed by atoms with Gasteiger partial charge >= 0.3 is 0 Å². The molecule has 0 aliphatic heterocycles. The van der Waals surface area contributed by atoms with Crippen molar-refractivity contribution in [2.75, 3.05) is 19.3 Å². The molecule has 0 spiro atoms. The van der Waals surface area contributed by atoms with Crippen LogP contribution in [0.3, 0.4) is 0 Å². The predicted molar refractivity (Wildman–Crippen MR) is 70.4 cm³/mol. The Labute approximate surface area is 108 Å². The maximum Gasteiger partial charge on any atom is 0.235 e. The molecule has 0 saturated carbocycles. The van der Waals surface area contributed by atoms with E-state index in [4.69, 9.17) is 0 Å². The van der Waals surface area contributed by atoms with Crippen LogP contribution in [0.4, 0.5) is 0 Å². The highest BCUT2D eigenvalue weighted by Crippen LogP contribution is 2.07. The van der Waals surface area contributed by atoms with Crippen molar-refractivity contribution in [1.82, 2.24) is 9.62 Å². The molecular weight excluding hydrogens is 252 g/mol. The third kappa shape index (κ3) is 4.85. The molecule has 0 fully saturated rings. The summed E-state index contributed by atoms with van der Waals surface area (Å²) in [5.74, 6) is -0.293. The van der Waals surface area contributed by atoms with Gasteiger partial charge in [0.05, 0.1) is 12.8 Å². The van der Waals surface area contributed by atoms with Gasteiger partial charge in [-0.15, -0.1) is 0 Å². The number of rotatable bonds is 6. The molecule has 18 heavy (non-hydrogen) atoms. The zero-order chi connectivity index (χ0) is 13.6. The number of likely N-dealkylation sites (N-methyl/N-ethyl adjacent to an activating group) is 1. The van der Waals surface area contributed by atoms with Gasteiger partial charge < -0.3 is 5.32 Å². The number of hydrogen-bond donors (Lipinski definition) is 1. The lowest BCUT2D eigenvalue weighted by Crippen LogP contribution is -2.39. The van der Waals surface area contributed by atoms with E-state index in [0.29, 0.717) is 6.54 Å². The fourth-order valence-corrected chi connectivity index (χ4v) is 2.23. The Bertz CT molecular complexity index is 485. The molecule has 1 amide bonds. The lowest BCUT2D eigenvalue weighted by molar-refractivity contribution is -0.121. The number of nitrogens with zero attached hydrogens (tertiary/aromatic N) is 1. The van der Waals surface area contributed by atoms with E-state index in [1.165, 1.54) is 0 Å². The second-order valence-corrected chi connectivity index (χ2v) is 5.95. The summed E-state index contributed by atoms with van der Waals surface area (Å²) in [6, 6.07) is 9.19. The first-order chi connectivity index (χ1) is 8.43. The Morgan fingerprint density at radius 1 is 1.28 bits per heavy atom. The number of amides is 1. The fraction of sp³-hybridized carbons (Fsp3) is 0.417. The van der Waals surface area contributed by atoms with Crippen molar-refractivity contribution < 1.29 is 13.2 Å². The Balaban J connectivity index is 2.78. The van der Waals surface area contributed by atoms with Crippen LogP contribution in [-0.2, 0) is 21.4 Å². The normalized spacial score (nSPS) is 11.5. The van der Waals surface area contributed by atoms with Crippen molar-refractivity contribution in [2.24, 2.45) is 0 Å². The summed E-state index contributed by atoms with van der Waals surface area (Å²) < 4.78 is 24.4. The standard InChI is InChI=1S/C12H18N2O3S/c1-3-13-12(15)10-14(18(2,16)17)9-11-7-5-4-6-8-11/h4-8H,3,9-10H2,1-2H3,(H,13,15). The molecule has 0 saturated heterocycles. The first kappa shape index (κ1) is 14.7. The van der Waals surface area contributed by atoms with Gasteiger partial charge in [-0.2, -0.15) is 4.31 Å². The fourth-order valence-electron chi connectivity index (χ4n) is 1.49. The summed E-state index contributed by atoms with van der Waals surface area (Å²) in [4.78, 5) is 11.5. The maximum atomic E-state index is 11.6. The van der Waals surface area contributed by atoms with Crippen LogP contribution in [0.1, 0.15) is 12.5 Å². The summed E-state index contributed by atoms with van der Waals surface area (Å²) in [6.07, 6.45) is 1.11. The first-order valence-electron chi connectivity index (χ1n) is 5.69. The Morgan fingerprint density at radius 3 is 2.39 bits per heavy atom. The van der Waals surface area contributed by atoms with Crippen LogP contribution >= 0.6 is 0 Å². The summed E-state index contributed by atoms with van der Waals surface area (Å²) in [7, 11) is -3.40. The van der Waals surface area contributed by atoms with Crippen molar-refractivity contribution in [2.45, 2.75) is 13.5 Å². The van der Waals surface area contributed by atoms with Crippen molar-refractivity contribution in [3.05, 3.63) is 35.9 Å². The van der Waals surface area contributed by atoms with Gasteiger partial charge in [-0.3, -0.25) is 4.79 Å². The third-order valence-electron chi connectivity index (χ3n) is 2.36. The second kappa shape index (κ2) is 6.51. The summed E-state index contributed by atoms with van der Waals surface area (Å²) >= 11 is 0. The summed E-state index contributed by atoms with van der Waals surface area (Å²) in [5.41, 5.74) is 0.854. The summed E-state index contributed by atoms with van der Waals surface area (Å²) in [5, 5.41) is 2.59. The van der Waals surface area contributed by atoms with E-state index < -0.39 is 10.0 Å². The van der Waals surface area contributed by atoms with Crippen LogP contribution in [0.2, 0.25) is 0 Å². The zero-order valence-corrected chi connectivity index (χ0v) is 11.4. The molecule has 0 unspecified atom stereocenters. The van der Waals surface area contributed by atoms with Gasteiger partial charge in [0.2, 0.25) is 15.9 Å². The van der Waals surface area contributed by atoms with E-state index in [-0.39, 0.29) is 19.0 Å². The summed E-state index contributed by atoms with van der Waals surface area (Å²) in [6.45, 7) is 2.33. The van der Waals surface area contributed by atoms with Gasteiger partial charge in [-0.1, -0.05) is 30.3 Å². The molecule has 1 rings (SSSR count). The average Bonchev–Trinajstić information content (AvgIpc) is 2.28. The number of sulfonamides is 1. The molecule has 0 aromatic heterocycles. The first-order valence-corrected chi connectivity index (χ1v) is 7.54. The topological polar surface area (TPSA) is 66.5 Å². The molecule has 0 bridgehead atoms. The number of hydrogen-bond acceptors (Lipinski definition) is 3. The van der Waals surface area contributed by atoms with E-state index >= 15 is 0 Å². The van der Waals surface area contributed by atoms with Crippen molar-refractivity contribution >= 4 is 15.9 Å². The van der Waals surface area contributed by atoms with Crippen LogP contribution < -0.4 is 5.32 Å². The molecule has 1 aromatic carbocycles. The van der Waals surface area contributed by atoms with E-state index in [1.54, 1.807) is 6.92 Å². The molecule has 0 aliphatic carbocycles. The van der Waals surface area contributed by atoms with Gasteiger partial charge in [-0.25, -0.2) is 8.42 Å². The minimum absolute atomic E-state index is 0.151. The lowest BCUT2D eigenvalue weighted by Gasteiger charge is -2.19. The van der Waals surface area contributed by atoms with Crippen LogP contribution in [0, 0.1) is 0 Å². The van der Waals surface area contributed by atoms with Crippen LogP contribution in [0.5, 0.6) is 0 Å². The van der Waals surface area contributed by atoms with Crippen molar-refractivity contribution in [3.63, 3.8) is 0 Å². The largest absolute Gasteiger partial charge is 0.355 e. The number of nitrogens with one attached hydrogen (secondary N) is 1. The highest BCUT2D eigenvalue weighted by Gasteiger charge is 2.19. The smallest absolute Gasteiger partial charge is 0.235 e. The van der Waals surface area contributed by atoms with Gasteiger partial charge in [0, 0.05) is 13.1 Å². The maximum absolute atomic E-state index is 11.6. The molecule has 0 radical (unpaired) electrons. The Hall–Kier alpha value is -1.40. The minimum atomic E-state index is -3.40. The zero-order valence-electron chi connectivity index (χ0n) is 10.6. The monoisotopic (exact) mass is 270 g/mol. The molecule has 0 aliphatic rings. The van der Waals surface area contributed by atoms with E-state index in [2.05, 4.69) is 5.32 Å². The Kier molecular flexibility index (Phi) is 5.30. The molecule has 5 nitrogen and oxygen atoms in total. The molecule has 0 heterocycles. The second-order valence-electron chi connectivity index (χ2n) is 3.97. The Morgan fingerprint density at radius 2 is 1.89 bits per heavy atom. The van der Waals surface area contributed by atoms with Gasteiger partial charge in [0.1, 0.15) is 0 Å². The van der Waals surface area contributed by atoms with Crippen LogP contribution in [0.15, 0.2) is 30.3 Å². The van der Waals surface area contributed by atoms with Crippen molar-refractivity contribution in [1.29, 1.82) is 0 Å². The molecule has 6 heteroatoms. The van der Waals surface area contributed by atoms with Crippen LogP contribution in [-0.4, -0.2) is 38.0 Å². The molecular formula is C12H18N2O3S. The lowest BCUT2D eigenvalue weighted by atomic mass is 10.2. The van der Waals surface area contributed by atoms with Gasteiger partial charge in [0.15, 0.2) is 0 Å². The van der Waals surface area contributed by atoms with Gasteiger partial charge in [0.25, 0.3) is 0 Å². The highest BCUT2D eigenvalue weighted by molar-refractivity contribution is 7.88. The van der Waals surface area contributed by atoms with E-state index in [0.717, 1.165) is 16.1 Å². The average molecular weight is 270 g/mol. The van der Waals surface area contributed by atoms with Crippen molar-refractivity contribution in [3.8, 4) is 0 Å². The number of carbonyl (C=O) groups is 1.